The number of hydrogen-bond acceptors (Lipinski definition) is 3. The van der Waals surface area contributed by atoms with Crippen LogP contribution in [0.2, 0.25) is 0 Å². The highest BCUT2D eigenvalue weighted by molar-refractivity contribution is 6.00. The Morgan fingerprint density at radius 1 is 1.42 bits per heavy atom. The molecule has 4 nitrogen and oxygen atoms in total. The van der Waals surface area contributed by atoms with Crippen LogP contribution in [0.15, 0.2) is 18.2 Å². The minimum atomic E-state index is -0.0194. The molecule has 0 atom stereocenters. The summed E-state index contributed by atoms with van der Waals surface area (Å²) < 4.78 is 0. The van der Waals surface area contributed by atoms with Gasteiger partial charge in [0.05, 0.1) is 13.0 Å². The first kappa shape index (κ1) is 14.0. The molecule has 0 saturated heterocycles. The molecule has 1 aromatic rings. The summed E-state index contributed by atoms with van der Waals surface area (Å²) in [4.78, 5) is 13.4. The smallest absolute Gasteiger partial charge is 0.231 e. The Morgan fingerprint density at radius 2 is 2.16 bits per heavy atom. The van der Waals surface area contributed by atoms with Crippen LogP contribution in [0.5, 0.6) is 0 Å². The van der Waals surface area contributed by atoms with Gasteiger partial charge in [-0.3, -0.25) is 4.79 Å². The lowest BCUT2D eigenvalue weighted by atomic mass is 9.83. The second kappa shape index (κ2) is 5.31. The first-order valence-corrected chi connectivity index (χ1v) is 6.67. The van der Waals surface area contributed by atoms with Crippen LogP contribution in [0.1, 0.15) is 25.0 Å². The number of amides is 1. The van der Waals surface area contributed by atoms with Crippen molar-refractivity contribution in [2.45, 2.75) is 25.7 Å². The fraction of sp³-hybridized carbons (Fsp3) is 0.533. The molecule has 0 radical (unpaired) electrons. The van der Waals surface area contributed by atoms with E-state index in [1.54, 1.807) is 4.90 Å². The van der Waals surface area contributed by atoms with Gasteiger partial charge in [0.25, 0.3) is 0 Å². The van der Waals surface area contributed by atoms with Crippen molar-refractivity contribution in [1.29, 1.82) is 0 Å². The van der Waals surface area contributed by atoms with Crippen LogP contribution >= 0.6 is 0 Å². The van der Waals surface area contributed by atoms with Gasteiger partial charge in [0.1, 0.15) is 0 Å². The third kappa shape index (κ3) is 2.80. The van der Waals surface area contributed by atoms with Crippen LogP contribution in [-0.4, -0.2) is 37.8 Å². The molecule has 1 aliphatic heterocycles. The number of aliphatic hydroxyl groups is 1. The number of nitrogens with zero attached hydrogens (tertiary/aromatic N) is 1. The van der Waals surface area contributed by atoms with Gasteiger partial charge in [-0.1, -0.05) is 26.0 Å². The van der Waals surface area contributed by atoms with E-state index in [0.29, 0.717) is 13.0 Å². The van der Waals surface area contributed by atoms with Crippen molar-refractivity contribution in [2.24, 2.45) is 0 Å². The zero-order valence-electron chi connectivity index (χ0n) is 11.9. The Balaban J connectivity index is 2.18. The molecule has 104 valence electrons. The van der Waals surface area contributed by atoms with Gasteiger partial charge in [-0.05, 0) is 17.2 Å². The summed E-state index contributed by atoms with van der Waals surface area (Å²) in [6.45, 7) is 5.89. The molecule has 1 aliphatic rings. The molecule has 1 amide bonds. The van der Waals surface area contributed by atoms with Gasteiger partial charge in [-0.25, -0.2) is 0 Å². The van der Waals surface area contributed by atoms with Crippen LogP contribution in [0.3, 0.4) is 0 Å². The monoisotopic (exact) mass is 262 g/mol. The number of benzene rings is 1. The second-order valence-electron chi connectivity index (χ2n) is 5.76. The molecule has 0 bridgehead atoms. The molecule has 0 aliphatic carbocycles. The Labute approximate surface area is 114 Å². The third-order valence-corrected chi connectivity index (χ3v) is 3.79. The van der Waals surface area contributed by atoms with Crippen molar-refractivity contribution in [3.8, 4) is 0 Å². The fourth-order valence-electron chi connectivity index (χ4n) is 2.47. The largest absolute Gasteiger partial charge is 0.395 e. The van der Waals surface area contributed by atoms with Crippen LogP contribution in [0.25, 0.3) is 0 Å². The molecular formula is C15H22N2O2. The van der Waals surface area contributed by atoms with Gasteiger partial charge < -0.3 is 15.3 Å². The van der Waals surface area contributed by atoms with Gasteiger partial charge >= 0.3 is 0 Å². The lowest BCUT2D eigenvalue weighted by molar-refractivity contribution is -0.117. The van der Waals surface area contributed by atoms with E-state index in [2.05, 4.69) is 31.3 Å². The number of nitrogens with one attached hydrogen (secondary N) is 1. The molecule has 0 spiro atoms. The number of carbonyl (C=O) groups is 1. The van der Waals surface area contributed by atoms with E-state index >= 15 is 0 Å². The predicted molar refractivity (Wildman–Crippen MR) is 76.5 cm³/mol. The normalized spacial score (nSPS) is 14.9. The number of likely N-dealkylation sites (N-methyl/N-ethyl adjacent to an activating group) is 1. The van der Waals surface area contributed by atoms with Gasteiger partial charge in [-0.2, -0.15) is 0 Å². The quantitative estimate of drug-likeness (QED) is 0.780. The van der Waals surface area contributed by atoms with Crippen LogP contribution in [0.4, 0.5) is 5.69 Å². The molecule has 0 fully saturated rings. The fourth-order valence-corrected chi connectivity index (χ4v) is 2.47. The molecule has 1 heterocycles. The predicted octanol–water partition coefficient (Wildman–Crippen LogP) is 1.06. The maximum atomic E-state index is 11.7. The van der Waals surface area contributed by atoms with Crippen LogP contribution < -0.4 is 10.2 Å². The van der Waals surface area contributed by atoms with Crippen molar-refractivity contribution in [3.05, 3.63) is 29.3 Å². The second-order valence-corrected chi connectivity index (χ2v) is 5.76. The maximum Gasteiger partial charge on any atom is 0.231 e. The molecular weight excluding hydrogens is 240 g/mol. The van der Waals surface area contributed by atoms with Gasteiger partial charge in [-0.15, -0.1) is 0 Å². The molecule has 2 N–H and O–H groups in total. The minimum absolute atomic E-state index is 0.0194. The Hall–Kier alpha value is -1.39. The number of aliphatic hydroxyl groups excluding tert-OH is 1. The lowest BCUT2D eigenvalue weighted by Crippen LogP contribution is -2.34. The zero-order chi connectivity index (χ0) is 14.0. The van der Waals surface area contributed by atoms with Crippen LogP contribution in [0, 0.1) is 0 Å². The summed E-state index contributed by atoms with van der Waals surface area (Å²) in [5.41, 5.74) is 3.34. The van der Waals surface area contributed by atoms with Gasteiger partial charge in [0, 0.05) is 31.2 Å². The Bertz CT molecular complexity index is 483. The molecule has 1 aromatic carbocycles. The molecule has 0 unspecified atom stereocenters. The topological polar surface area (TPSA) is 52.6 Å². The standard InChI is InChI=1S/C15H22N2O2/c1-15(2,10-16-6-7-18)12-4-5-13-11(8-12)9-14(19)17(13)3/h4-5,8,16,18H,6-7,9-10H2,1-3H3. The summed E-state index contributed by atoms with van der Waals surface area (Å²) in [5.74, 6) is 0.156. The number of rotatable bonds is 5. The minimum Gasteiger partial charge on any atom is -0.395 e. The van der Waals surface area contributed by atoms with Crippen LogP contribution in [-0.2, 0) is 16.6 Å². The van der Waals surface area contributed by atoms with E-state index in [9.17, 15) is 4.79 Å². The van der Waals surface area contributed by atoms with E-state index in [0.717, 1.165) is 17.8 Å². The van der Waals surface area contributed by atoms with E-state index < -0.39 is 0 Å². The summed E-state index contributed by atoms with van der Waals surface area (Å²) in [6, 6.07) is 6.26. The highest BCUT2D eigenvalue weighted by Gasteiger charge is 2.27. The molecule has 4 heteroatoms. The first-order valence-electron chi connectivity index (χ1n) is 6.67. The van der Waals surface area contributed by atoms with E-state index in [1.165, 1.54) is 5.56 Å². The number of hydrogen-bond donors (Lipinski definition) is 2. The SMILES string of the molecule is CN1C(=O)Cc2cc(C(C)(C)CNCCO)ccc21. The molecule has 19 heavy (non-hydrogen) atoms. The average molecular weight is 262 g/mol. The summed E-state index contributed by atoms with van der Waals surface area (Å²) in [6.07, 6.45) is 0.500. The third-order valence-electron chi connectivity index (χ3n) is 3.79. The van der Waals surface area contributed by atoms with Crippen molar-refractivity contribution < 1.29 is 9.90 Å². The van der Waals surface area contributed by atoms with Crippen molar-refractivity contribution in [1.82, 2.24) is 5.32 Å². The van der Waals surface area contributed by atoms with Crippen molar-refractivity contribution in [3.63, 3.8) is 0 Å². The molecule has 2 rings (SSSR count). The van der Waals surface area contributed by atoms with Gasteiger partial charge in [0.2, 0.25) is 5.91 Å². The first-order chi connectivity index (χ1) is 8.95. The average Bonchev–Trinajstić information content (AvgIpc) is 2.65. The summed E-state index contributed by atoms with van der Waals surface area (Å²) >= 11 is 0. The number of carbonyl (C=O) groups excluding carboxylic acids is 1. The van der Waals surface area contributed by atoms with Crippen molar-refractivity contribution >= 4 is 11.6 Å². The van der Waals surface area contributed by atoms with E-state index in [1.807, 2.05) is 13.1 Å². The highest BCUT2D eigenvalue weighted by atomic mass is 16.3. The summed E-state index contributed by atoms with van der Waals surface area (Å²) in [7, 11) is 1.82. The number of anilines is 1. The Morgan fingerprint density at radius 3 is 2.84 bits per heavy atom. The molecule has 0 aromatic heterocycles. The Kier molecular flexibility index (Phi) is 3.92. The van der Waals surface area contributed by atoms with E-state index in [-0.39, 0.29) is 17.9 Å². The maximum absolute atomic E-state index is 11.7. The lowest BCUT2D eigenvalue weighted by Gasteiger charge is -2.26. The van der Waals surface area contributed by atoms with E-state index in [4.69, 9.17) is 5.11 Å². The number of fused-ring (bicyclic) bond motifs is 1. The summed E-state index contributed by atoms with van der Waals surface area (Å²) in [5, 5.41) is 12.0. The molecule has 0 saturated carbocycles. The van der Waals surface area contributed by atoms with Crippen molar-refractivity contribution in [2.75, 3.05) is 31.6 Å². The van der Waals surface area contributed by atoms with Gasteiger partial charge in [0.15, 0.2) is 0 Å². The zero-order valence-corrected chi connectivity index (χ0v) is 11.9. The highest BCUT2D eigenvalue weighted by Crippen LogP contribution is 2.32.